The smallest absolute Gasteiger partial charge is 0.408 e. The van der Waals surface area contributed by atoms with Gasteiger partial charge in [-0.1, -0.05) is 36.4 Å². The lowest BCUT2D eigenvalue weighted by Gasteiger charge is -2.25. The van der Waals surface area contributed by atoms with Crippen molar-refractivity contribution >= 4 is 17.8 Å². The van der Waals surface area contributed by atoms with E-state index >= 15 is 0 Å². The first kappa shape index (κ1) is 27.0. The number of rotatable bonds is 7. The third kappa shape index (κ3) is 7.97. The van der Waals surface area contributed by atoms with Crippen molar-refractivity contribution in [1.29, 1.82) is 0 Å². The number of halogens is 1. The molecule has 2 rings (SSSR count). The second-order valence-electron chi connectivity index (χ2n) is 10.4. The Kier molecular flexibility index (Phi) is 8.59. The molecule has 0 heterocycles. The maximum Gasteiger partial charge on any atom is 0.408 e. The van der Waals surface area contributed by atoms with Gasteiger partial charge >= 0.3 is 6.09 Å². The van der Waals surface area contributed by atoms with Crippen LogP contribution < -0.4 is 10.6 Å². The van der Waals surface area contributed by atoms with Crippen molar-refractivity contribution in [1.82, 2.24) is 10.6 Å². The minimum Gasteiger partial charge on any atom is -0.444 e. The second-order valence-corrected chi connectivity index (χ2v) is 10.4. The van der Waals surface area contributed by atoms with Crippen molar-refractivity contribution in [2.24, 2.45) is 0 Å². The molecule has 0 spiro atoms. The Labute approximate surface area is 201 Å². The zero-order valence-corrected chi connectivity index (χ0v) is 21.0. The Morgan fingerprint density at radius 2 is 1.62 bits per heavy atom. The first-order valence-electron chi connectivity index (χ1n) is 11.3. The van der Waals surface area contributed by atoms with Gasteiger partial charge in [0.2, 0.25) is 0 Å². The number of hydrogen-bond donors (Lipinski definition) is 2. The van der Waals surface area contributed by atoms with E-state index in [4.69, 9.17) is 4.74 Å². The summed E-state index contributed by atoms with van der Waals surface area (Å²) in [5, 5.41) is 5.43. The van der Waals surface area contributed by atoms with E-state index < -0.39 is 29.0 Å². The summed E-state index contributed by atoms with van der Waals surface area (Å²) in [5.41, 5.74) is 0.715. The van der Waals surface area contributed by atoms with Gasteiger partial charge in [-0.3, -0.25) is 9.59 Å². The lowest BCUT2D eigenvalue weighted by molar-refractivity contribution is -0.119. The van der Waals surface area contributed by atoms with Gasteiger partial charge in [-0.15, -0.1) is 0 Å². The van der Waals surface area contributed by atoms with Crippen LogP contribution in [0.25, 0.3) is 0 Å². The Balaban J connectivity index is 2.45. The van der Waals surface area contributed by atoms with E-state index in [0.29, 0.717) is 22.3 Å². The first-order valence-corrected chi connectivity index (χ1v) is 11.3. The molecule has 34 heavy (non-hydrogen) atoms. The summed E-state index contributed by atoms with van der Waals surface area (Å²) in [5.74, 6) is -1.96. The number of carbonyl (C=O) groups excluding carboxylic acids is 3. The monoisotopic (exact) mass is 470 g/mol. The molecular weight excluding hydrogens is 435 g/mol. The van der Waals surface area contributed by atoms with Gasteiger partial charge in [0, 0.05) is 17.0 Å². The van der Waals surface area contributed by atoms with Crippen molar-refractivity contribution in [2.45, 2.75) is 71.9 Å². The van der Waals surface area contributed by atoms with Crippen LogP contribution in [0.2, 0.25) is 0 Å². The molecule has 0 aliphatic heterocycles. The van der Waals surface area contributed by atoms with E-state index in [1.807, 2.05) is 20.8 Å². The zero-order chi connectivity index (χ0) is 25.7. The van der Waals surface area contributed by atoms with Gasteiger partial charge in [-0.05, 0) is 77.6 Å². The minimum absolute atomic E-state index is 0.0424. The van der Waals surface area contributed by atoms with E-state index in [0.717, 1.165) is 0 Å². The Hall–Kier alpha value is -3.22. The van der Waals surface area contributed by atoms with Crippen LogP contribution in [0.3, 0.4) is 0 Å². The maximum absolute atomic E-state index is 14.5. The molecule has 2 aromatic carbocycles. The molecule has 1 atom stereocenters. The van der Waals surface area contributed by atoms with Crippen LogP contribution >= 0.6 is 0 Å². The lowest BCUT2D eigenvalue weighted by atomic mass is 9.83. The lowest BCUT2D eigenvalue weighted by Crippen LogP contribution is -2.42. The molecule has 0 aliphatic rings. The number of ether oxygens (including phenoxy) is 1. The van der Waals surface area contributed by atoms with Gasteiger partial charge in [0.1, 0.15) is 11.4 Å². The van der Waals surface area contributed by atoms with Crippen molar-refractivity contribution in [3.8, 4) is 0 Å². The van der Waals surface area contributed by atoms with E-state index in [1.54, 1.807) is 64.1 Å². The van der Waals surface area contributed by atoms with Crippen LogP contribution in [0, 0.1) is 12.7 Å². The molecule has 7 heteroatoms. The summed E-state index contributed by atoms with van der Waals surface area (Å²) >= 11 is 0. The number of amides is 2. The van der Waals surface area contributed by atoms with Crippen LogP contribution in [-0.2, 0) is 16.0 Å². The van der Waals surface area contributed by atoms with E-state index in [2.05, 4.69) is 10.6 Å². The molecule has 2 N–H and O–H groups in total. The van der Waals surface area contributed by atoms with Crippen LogP contribution in [0.5, 0.6) is 0 Å². The van der Waals surface area contributed by atoms with Crippen molar-refractivity contribution < 1.29 is 23.5 Å². The molecule has 2 amide bonds. The van der Waals surface area contributed by atoms with Gasteiger partial charge in [-0.25, -0.2) is 9.18 Å². The third-order valence-corrected chi connectivity index (χ3v) is 4.97. The molecule has 6 nitrogen and oxygen atoms in total. The van der Waals surface area contributed by atoms with E-state index in [-0.39, 0.29) is 24.7 Å². The molecule has 0 radical (unpaired) electrons. The molecule has 0 bridgehead atoms. The summed E-state index contributed by atoms with van der Waals surface area (Å²) in [6, 6.07) is 11.5. The molecule has 0 aliphatic carbocycles. The molecule has 0 aromatic heterocycles. The predicted octanol–water partition coefficient (Wildman–Crippen LogP) is 5.08. The average molecular weight is 471 g/mol. The van der Waals surface area contributed by atoms with Crippen LogP contribution in [0.4, 0.5) is 9.18 Å². The Morgan fingerprint density at radius 1 is 0.971 bits per heavy atom. The largest absolute Gasteiger partial charge is 0.444 e. The standard InChI is InChI=1S/C27H35FN2O4/c1-17-11-10-13-19(23(17)24(32)30-26(2,3)4)20(15-18-12-8-9-14-21(18)28)22(31)16-29-25(33)34-27(5,6)7/h8-14,20H,15-16H2,1-7H3,(H,29,33)(H,30,32)/t20-/m1/s1. The van der Waals surface area contributed by atoms with E-state index in [9.17, 15) is 18.8 Å². The quantitative estimate of drug-likeness (QED) is 0.591. The van der Waals surface area contributed by atoms with Gasteiger partial charge in [0.25, 0.3) is 5.91 Å². The van der Waals surface area contributed by atoms with Gasteiger partial charge in [-0.2, -0.15) is 0 Å². The molecular formula is C27H35FN2O4. The third-order valence-electron chi connectivity index (χ3n) is 4.97. The number of nitrogens with one attached hydrogen (secondary N) is 2. The predicted molar refractivity (Wildman–Crippen MR) is 130 cm³/mol. The summed E-state index contributed by atoms with van der Waals surface area (Å²) in [6.07, 6.45) is -0.679. The highest BCUT2D eigenvalue weighted by atomic mass is 19.1. The number of aryl methyl sites for hydroxylation is 1. The van der Waals surface area contributed by atoms with Crippen molar-refractivity contribution in [2.75, 3.05) is 6.54 Å². The zero-order valence-electron chi connectivity index (χ0n) is 21.0. The number of hydrogen-bond acceptors (Lipinski definition) is 4. The van der Waals surface area contributed by atoms with Crippen LogP contribution in [-0.4, -0.2) is 35.5 Å². The second kappa shape index (κ2) is 10.8. The first-order chi connectivity index (χ1) is 15.7. The molecule has 0 fully saturated rings. The topological polar surface area (TPSA) is 84.5 Å². The van der Waals surface area contributed by atoms with Crippen molar-refractivity contribution in [3.05, 3.63) is 70.5 Å². The normalized spacial score (nSPS) is 12.6. The maximum atomic E-state index is 14.5. The highest BCUT2D eigenvalue weighted by Crippen LogP contribution is 2.29. The fourth-order valence-electron chi connectivity index (χ4n) is 3.57. The fourth-order valence-corrected chi connectivity index (χ4v) is 3.57. The molecule has 0 unspecified atom stereocenters. The Bertz CT molecular complexity index is 1050. The van der Waals surface area contributed by atoms with Crippen molar-refractivity contribution in [3.63, 3.8) is 0 Å². The van der Waals surface area contributed by atoms with Gasteiger partial charge in [0.05, 0.1) is 6.54 Å². The van der Waals surface area contributed by atoms with Crippen LogP contribution in [0.15, 0.2) is 42.5 Å². The number of carbonyl (C=O) groups is 3. The van der Waals surface area contributed by atoms with E-state index in [1.165, 1.54) is 6.07 Å². The average Bonchev–Trinajstić information content (AvgIpc) is 2.68. The van der Waals surface area contributed by atoms with Gasteiger partial charge < -0.3 is 15.4 Å². The number of Topliss-reactive ketones (excluding diaryl/α,β-unsaturated/α-hetero) is 1. The van der Waals surface area contributed by atoms with Crippen LogP contribution in [0.1, 0.15) is 74.5 Å². The summed E-state index contributed by atoms with van der Waals surface area (Å²) in [4.78, 5) is 38.7. The highest BCUT2D eigenvalue weighted by molar-refractivity contribution is 6.00. The summed E-state index contributed by atoms with van der Waals surface area (Å²) in [6.45, 7) is 12.3. The summed E-state index contributed by atoms with van der Waals surface area (Å²) < 4.78 is 19.7. The molecule has 184 valence electrons. The molecule has 2 aromatic rings. The number of ketones is 1. The minimum atomic E-state index is -0.854. The molecule has 0 saturated carbocycles. The Morgan fingerprint density at radius 3 is 2.21 bits per heavy atom. The SMILES string of the molecule is Cc1cccc([C@@H](Cc2ccccc2F)C(=O)CNC(=O)OC(C)(C)C)c1C(=O)NC(C)(C)C. The highest BCUT2D eigenvalue weighted by Gasteiger charge is 2.29. The van der Waals surface area contributed by atoms with Gasteiger partial charge in [0.15, 0.2) is 5.78 Å². The summed E-state index contributed by atoms with van der Waals surface area (Å²) in [7, 11) is 0. The number of alkyl carbamates (subject to hydrolysis) is 1. The fraction of sp³-hybridized carbons (Fsp3) is 0.444. The number of benzene rings is 2. The molecule has 0 saturated heterocycles.